The van der Waals surface area contributed by atoms with Gasteiger partial charge in [0.2, 0.25) is 0 Å². The summed E-state index contributed by atoms with van der Waals surface area (Å²) in [6.45, 7) is 28.4. The van der Waals surface area contributed by atoms with Crippen LogP contribution in [0, 0.1) is 18.8 Å². The number of hydrogen-bond donors (Lipinski definition) is 0. The number of anilines is 4. The number of rotatable bonds is 8. The molecular formula is C70H67N4OPt-3. The smallest absolute Gasteiger partial charge is 0.135 e. The molecule has 0 atom stereocenters. The molecule has 76 heavy (non-hydrogen) atoms. The normalized spacial score (nSPS) is 14.0. The van der Waals surface area contributed by atoms with Crippen LogP contribution < -0.4 is 14.5 Å². The Morgan fingerprint density at radius 2 is 1.09 bits per heavy atom. The van der Waals surface area contributed by atoms with Gasteiger partial charge in [-0.25, -0.2) is 4.98 Å². The molecule has 1 aliphatic heterocycles. The molecule has 6 heteroatoms. The van der Waals surface area contributed by atoms with Crippen molar-refractivity contribution in [3.8, 4) is 50.7 Å². The molecule has 0 fully saturated rings. The van der Waals surface area contributed by atoms with E-state index in [2.05, 4.69) is 207 Å². The van der Waals surface area contributed by atoms with Gasteiger partial charge in [0, 0.05) is 72.5 Å². The van der Waals surface area contributed by atoms with Crippen LogP contribution in [0.5, 0.6) is 11.5 Å². The van der Waals surface area contributed by atoms with Crippen molar-refractivity contribution >= 4 is 44.6 Å². The van der Waals surface area contributed by atoms with Crippen LogP contribution in [-0.2, 0) is 42.7 Å². The number of hydrogen-bond acceptors (Lipinski definition) is 4. The van der Waals surface area contributed by atoms with Crippen LogP contribution in [0.2, 0.25) is 0 Å². The van der Waals surface area contributed by atoms with Crippen molar-refractivity contribution in [1.29, 1.82) is 0 Å². The summed E-state index contributed by atoms with van der Waals surface area (Å²) in [5.74, 6) is 1.78. The van der Waals surface area contributed by atoms with Gasteiger partial charge in [-0.1, -0.05) is 192 Å². The van der Waals surface area contributed by atoms with Crippen molar-refractivity contribution in [2.75, 3.05) is 9.80 Å². The predicted molar refractivity (Wildman–Crippen MR) is 315 cm³/mol. The molecule has 0 spiro atoms. The van der Waals surface area contributed by atoms with Crippen LogP contribution in [0.15, 0.2) is 182 Å². The first-order valence-electron chi connectivity index (χ1n) is 28.4. The van der Waals surface area contributed by atoms with E-state index in [0.29, 0.717) is 28.4 Å². The SMILES string of the molecule is [2H]c1c([2H])c([2H])c(-c2cc(C(C)(C)C)cc(-c3cc(C(C)(C)C)cc(C(C)(C)C)c3)c2N2[CH-]N(c3[c-]c(Oc4[c-]c5c(cc4)c4cc(-c6ccccc6)ccc4n5-c4cc(C(C)(C)C)ccn4)ccc3)c3ccccc32)c([2H])c1[2H].[Pt]. The minimum absolute atomic E-state index is 0. The van der Waals surface area contributed by atoms with Crippen LogP contribution >= 0.6 is 0 Å². The van der Waals surface area contributed by atoms with Gasteiger partial charge in [-0.3, -0.25) is 0 Å². The first kappa shape index (κ1) is 46.1. The molecular weight excluding hydrogens is 1110 g/mol. The summed E-state index contributed by atoms with van der Waals surface area (Å²) in [6, 6.07) is 55.9. The van der Waals surface area contributed by atoms with E-state index in [1.54, 1.807) is 0 Å². The molecule has 0 amide bonds. The standard InChI is InChI=1S/C70H67N4O.Pt/c1-67(2,3)50-34-35-71-65(42-50)74-61-33-30-48(46-22-15-13-16-23-46)38-60(61)57-32-31-56(44-64(57)74)75-55-27-21-26-54(43-55)72-45-73(63-29-20-19-28-62(63)72)66-58(47-24-17-14-18-25-47)40-53(70(10,11)12)41-59(66)49-36-51(68(4,5)6)39-52(37-49)69(7,8)9;/h13-42,45H,1-12H3;/q-3;/i14D,17D,18D,24D,25D;. The van der Waals surface area contributed by atoms with Crippen LogP contribution in [0.3, 0.4) is 0 Å². The van der Waals surface area contributed by atoms with Gasteiger partial charge in [-0.2, -0.15) is 12.1 Å². The third kappa shape index (κ3) is 10.0. The summed E-state index contributed by atoms with van der Waals surface area (Å²) in [6.07, 6.45) is 1.88. The molecule has 10 aromatic rings. The van der Waals surface area contributed by atoms with Gasteiger partial charge in [0.05, 0.1) is 6.85 Å². The van der Waals surface area contributed by atoms with E-state index in [9.17, 15) is 2.74 Å². The number of benzene rings is 8. The van der Waals surface area contributed by atoms with Crippen LogP contribution in [-0.4, -0.2) is 9.55 Å². The Bertz CT molecular complexity index is 4020. The number of aromatic nitrogens is 2. The molecule has 0 aliphatic carbocycles. The number of pyridine rings is 1. The first-order valence-corrected chi connectivity index (χ1v) is 25.9. The second kappa shape index (κ2) is 19.7. The van der Waals surface area contributed by atoms with Crippen molar-refractivity contribution in [3.05, 3.63) is 223 Å². The maximum atomic E-state index is 9.47. The number of fused-ring (bicyclic) bond motifs is 4. The molecule has 8 aromatic carbocycles. The molecule has 0 saturated carbocycles. The molecule has 0 N–H and O–H groups in total. The molecule has 3 heterocycles. The summed E-state index contributed by atoms with van der Waals surface area (Å²) >= 11 is 0. The van der Waals surface area contributed by atoms with Gasteiger partial charge >= 0.3 is 0 Å². The van der Waals surface area contributed by atoms with Gasteiger partial charge in [-0.05, 0) is 114 Å². The third-order valence-electron chi connectivity index (χ3n) is 14.4. The average molecular weight is 1180 g/mol. The molecule has 1 aliphatic rings. The third-order valence-corrected chi connectivity index (χ3v) is 14.4. The summed E-state index contributed by atoms with van der Waals surface area (Å²) in [5, 5.41) is 2.10. The Morgan fingerprint density at radius 3 is 1.75 bits per heavy atom. The molecule has 11 rings (SSSR count). The van der Waals surface area contributed by atoms with Gasteiger partial charge in [0.15, 0.2) is 0 Å². The minimum Gasteiger partial charge on any atom is -0.509 e. The van der Waals surface area contributed by atoms with Crippen molar-refractivity contribution < 1.29 is 32.7 Å². The Hall–Kier alpha value is -7.20. The fourth-order valence-electron chi connectivity index (χ4n) is 10.0. The zero-order chi connectivity index (χ0) is 57.0. The fraction of sp³-hybridized carbons (Fsp3) is 0.229. The zero-order valence-corrected chi connectivity index (χ0v) is 47.8. The summed E-state index contributed by atoms with van der Waals surface area (Å²) in [7, 11) is 0. The summed E-state index contributed by atoms with van der Waals surface area (Å²) in [5.41, 5.74) is 13.2. The molecule has 0 saturated heterocycles. The van der Waals surface area contributed by atoms with Crippen LogP contribution in [0.4, 0.5) is 22.7 Å². The van der Waals surface area contributed by atoms with Gasteiger partial charge in [0.25, 0.3) is 0 Å². The van der Waals surface area contributed by atoms with Crippen molar-refractivity contribution in [2.45, 2.75) is 105 Å². The van der Waals surface area contributed by atoms with E-state index in [0.717, 1.165) is 77.9 Å². The van der Waals surface area contributed by atoms with Crippen molar-refractivity contribution in [1.82, 2.24) is 9.55 Å². The van der Waals surface area contributed by atoms with Gasteiger partial charge < -0.3 is 19.1 Å². The van der Waals surface area contributed by atoms with E-state index in [1.165, 1.54) is 5.56 Å². The van der Waals surface area contributed by atoms with Gasteiger partial charge in [0.1, 0.15) is 5.82 Å². The fourth-order valence-corrected chi connectivity index (χ4v) is 10.0. The maximum Gasteiger partial charge on any atom is 0.135 e. The predicted octanol–water partition coefficient (Wildman–Crippen LogP) is 19.2. The summed E-state index contributed by atoms with van der Waals surface area (Å²) in [4.78, 5) is 9.13. The maximum absolute atomic E-state index is 9.47. The Kier molecular flexibility index (Phi) is 12.0. The molecule has 2 aromatic heterocycles. The number of nitrogens with zero attached hydrogens (tertiary/aromatic N) is 4. The molecule has 0 unspecified atom stereocenters. The molecule has 0 bridgehead atoms. The summed E-state index contributed by atoms with van der Waals surface area (Å²) < 4.78 is 54.4. The van der Waals surface area contributed by atoms with E-state index in [-0.39, 0.29) is 67.0 Å². The Morgan fingerprint density at radius 1 is 0.487 bits per heavy atom. The quantitative estimate of drug-likeness (QED) is 0.142. The Labute approximate surface area is 472 Å². The topological polar surface area (TPSA) is 33.5 Å². The van der Waals surface area contributed by atoms with E-state index >= 15 is 0 Å². The second-order valence-corrected chi connectivity index (χ2v) is 24.0. The van der Waals surface area contributed by atoms with E-state index in [1.807, 2.05) is 61.4 Å². The molecule has 386 valence electrons. The first-order chi connectivity index (χ1) is 37.8. The second-order valence-electron chi connectivity index (χ2n) is 24.0. The zero-order valence-electron chi connectivity index (χ0n) is 50.5. The monoisotopic (exact) mass is 1180 g/mol. The minimum atomic E-state index is -0.438. The van der Waals surface area contributed by atoms with Crippen molar-refractivity contribution in [2.24, 2.45) is 0 Å². The van der Waals surface area contributed by atoms with Crippen LogP contribution in [0.1, 0.15) is 112 Å². The van der Waals surface area contributed by atoms with E-state index in [4.69, 9.17) is 13.8 Å². The number of ether oxygens (including phenoxy) is 1. The molecule has 5 nitrogen and oxygen atoms in total. The molecule has 0 radical (unpaired) electrons. The largest absolute Gasteiger partial charge is 0.509 e. The average Bonchev–Trinajstić information content (AvgIpc) is 4.14. The number of para-hydroxylation sites is 2. The Balaban J connectivity index is 0.00000736. The van der Waals surface area contributed by atoms with E-state index < -0.39 is 11.5 Å². The van der Waals surface area contributed by atoms with Crippen LogP contribution in [0.25, 0.3) is 61.0 Å². The van der Waals surface area contributed by atoms with Crippen molar-refractivity contribution in [3.63, 3.8) is 0 Å². The van der Waals surface area contributed by atoms with Gasteiger partial charge in [-0.15, -0.1) is 48.1 Å².